The number of aryl methyl sites for hydroxylation is 6. The van der Waals surface area contributed by atoms with Crippen LogP contribution in [0.1, 0.15) is 33.4 Å². The monoisotopic (exact) mass is 570 g/mol. The average Bonchev–Trinajstić information content (AvgIpc) is 3.04. The molecule has 0 aliphatic carbocycles. The van der Waals surface area contributed by atoms with Gasteiger partial charge in [-0.25, -0.2) is 0 Å². The van der Waals surface area contributed by atoms with Crippen LogP contribution < -0.4 is 28.4 Å². The molecule has 0 unspecified atom stereocenters. The largest absolute Gasteiger partial charge is 0.497 e. The Morgan fingerprint density at radius 1 is 0.262 bits per heavy atom. The van der Waals surface area contributed by atoms with Crippen molar-refractivity contribution in [2.75, 3.05) is 42.7 Å². The Labute approximate surface area is 250 Å². The smallest absolute Gasteiger partial charge is 0.122 e. The van der Waals surface area contributed by atoms with Crippen molar-refractivity contribution in [1.82, 2.24) is 0 Å². The van der Waals surface area contributed by atoms with Gasteiger partial charge >= 0.3 is 0 Å². The highest BCUT2D eigenvalue weighted by atomic mass is 16.5. The van der Waals surface area contributed by atoms with E-state index in [1.54, 1.807) is 42.7 Å². The molecule has 6 heteroatoms. The Kier molecular flexibility index (Phi) is 11.0. The lowest BCUT2D eigenvalue weighted by Gasteiger charge is -2.13. The maximum Gasteiger partial charge on any atom is 0.122 e. The van der Waals surface area contributed by atoms with Gasteiger partial charge in [0, 0.05) is 18.2 Å². The molecule has 42 heavy (non-hydrogen) atoms. The quantitative estimate of drug-likeness (QED) is 0.152. The molecular weight excluding hydrogens is 528 g/mol. The van der Waals surface area contributed by atoms with Gasteiger partial charge in [0.1, 0.15) is 34.5 Å². The summed E-state index contributed by atoms with van der Waals surface area (Å²) in [5, 5.41) is 0. The molecule has 0 spiro atoms. The van der Waals surface area contributed by atoms with Crippen LogP contribution >= 0.6 is 0 Å². The summed E-state index contributed by atoms with van der Waals surface area (Å²) in [4.78, 5) is 0. The first-order chi connectivity index (χ1) is 20.4. The molecule has 0 saturated heterocycles. The molecule has 0 fully saturated rings. The highest BCUT2D eigenvalue weighted by Crippen LogP contribution is 2.27. The zero-order chi connectivity index (χ0) is 29.9. The average molecular weight is 571 g/mol. The Bertz CT molecular complexity index is 1210. The minimum atomic E-state index is 0.807. The minimum absolute atomic E-state index is 0.807. The predicted molar refractivity (Wildman–Crippen MR) is 167 cm³/mol. The molecular formula is C36H42O6. The van der Waals surface area contributed by atoms with Gasteiger partial charge in [-0.3, -0.25) is 0 Å². The molecule has 4 rings (SSSR count). The summed E-state index contributed by atoms with van der Waals surface area (Å²) in [5.74, 6) is 4.84. The van der Waals surface area contributed by atoms with Crippen molar-refractivity contribution in [3.8, 4) is 34.5 Å². The third-order valence-corrected chi connectivity index (χ3v) is 7.45. The van der Waals surface area contributed by atoms with Crippen molar-refractivity contribution in [3.63, 3.8) is 0 Å². The molecule has 4 aromatic carbocycles. The normalized spacial score (nSPS) is 10.7. The van der Waals surface area contributed by atoms with E-state index in [1.807, 2.05) is 18.2 Å². The Morgan fingerprint density at radius 3 is 0.595 bits per heavy atom. The predicted octanol–water partition coefficient (Wildman–Crippen LogP) is 7.09. The lowest BCUT2D eigenvalue weighted by Crippen LogP contribution is -2.01. The second-order valence-corrected chi connectivity index (χ2v) is 10.3. The first kappa shape index (κ1) is 30.6. The Balaban J connectivity index is 1.57. The number of rotatable bonds is 15. The van der Waals surface area contributed by atoms with E-state index in [2.05, 4.69) is 54.6 Å². The summed E-state index contributed by atoms with van der Waals surface area (Å²) in [5.41, 5.74) is 7.50. The SMILES string of the molecule is COc1cc(CCc2cc(CCc3cc(OC)cc(OC)c3)cc(CCc3cc(OC)cc(OC)c3)c2)cc(OC)c1. The maximum absolute atomic E-state index is 5.49. The van der Waals surface area contributed by atoms with Gasteiger partial charge in [-0.05, 0) is 108 Å². The topological polar surface area (TPSA) is 55.4 Å². The van der Waals surface area contributed by atoms with Gasteiger partial charge < -0.3 is 28.4 Å². The van der Waals surface area contributed by atoms with Crippen LogP contribution in [-0.2, 0) is 38.5 Å². The van der Waals surface area contributed by atoms with Crippen LogP contribution in [0, 0.1) is 0 Å². The third-order valence-electron chi connectivity index (χ3n) is 7.45. The summed E-state index contributed by atoms with van der Waals surface area (Å²) in [6.45, 7) is 0. The van der Waals surface area contributed by atoms with Gasteiger partial charge in [-0.1, -0.05) is 18.2 Å². The molecule has 0 N–H and O–H groups in total. The van der Waals surface area contributed by atoms with E-state index in [0.717, 1.165) is 73.0 Å². The molecule has 0 aliphatic rings. The van der Waals surface area contributed by atoms with Gasteiger partial charge in [-0.2, -0.15) is 0 Å². The van der Waals surface area contributed by atoms with E-state index in [-0.39, 0.29) is 0 Å². The molecule has 4 aromatic rings. The van der Waals surface area contributed by atoms with Gasteiger partial charge in [-0.15, -0.1) is 0 Å². The van der Waals surface area contributed by atoms with E-state index >= 15 is 0 Å². The molecule has 0 aliphatic heterocycles. The summed E-state index contributed by atoms with van der Waals surface area (Å²) < 4.78 is 32.9. The summed E-state index contributed by atoms with van der Waals surface area (Å²) >= 11 is 0. The van der Waals surface area contributed by atoms with Crippen molar-refractivity contribution in [2.24, 2.45) is 0 Å². The fourth-order valence-corrected chi connectivity index (χ4v) is 5.17. The van der Waals surface area contributed by atoms with E-state index in [9.17, 15) is 0 Å². The van der Waals surface area contributed by atoms with Gasteiger partial charge in [0.2, 0.25) is 0 Å². The van der Waals surface area contributed by atoms with Crippen LogP contribution in [0.2, 0.25) is 0 Å². The number of methoxy groups -OCH3 is 6. The first-order valence-electron chi connectivity index (χ1n) is 14.2. The standard InChI is InChI=1S/C36H42O6/c1-37-31-16-28(17-32(22-31)38-2)10-7-25-13-26(8-11-29-18-33(39-3)23-34(19-29)40-4)15-27(14-25)9-12-30-20-35(41-5)24-36(21-30)42-6/h13-24H,7-12H2,1-6H3. The molecule has 0 atom stereocenters. The van der Waals surface area contributed by atoms with Crippen molar-refractivity contribution in [1.29, 1.82) is 0 Å². The van der Waals surface area contributed by atoms with Crippen molar-refractivity contribution < 1.29 is 28.4 Å². The molecule has 6 nitrogen and oxygen atoms in total. The molecule has 0 amide bonds. The van der Waals surface area contributed by atoms with Crippen LogP contribution in [0.15, 0.2) is 72.8 Å². The molecule has 222 valence electrons. The Morgan fingerprint density at radius 2 is 0.429 bits per heavy atom. The molecule has 0 saturated carbocycles. The van der Waals surface area contributed by atoms with Crippen molar-refractivity contribution >= 4 is 0 Å². The second kappa shape index (κ2) is 15.1. The zero-order valence-corrected chi connectivity index (χ0v) is 25.6. The summed E-state index contributed by atoms with van der Waals surface area (Å²) in [7, 11) is 10.1. The lowest BCUT2D eigenvalue weighted by molar-refractivity contribution is 0.393. The van der Waals surface area contributed by atoms with Gasteiger partial charge in [0.15, 0.2) is 0 Å². The minimum Gasteiger partial charge on any atom is -0.497 e. The molecule has 0 heterocycles. The van der Waals surface area contributed by atoms with Gasteiger partial charge in [0.05, 0.1) is 42.7 Å². The molecule has 0 bridgehead atoms. The van der Waals surface area contributed by atoms with Crippen molar-refractivity contribution in [2.45, 2.75) is 38.5 Å². The van der Waals surface area contributed by atoms with Crippen LogP contribution in [0.3, 0.4) is 0 Å². The van der Waals surface area contributed by atoms with E-state index in [4.69, 9.17) is 28.4 Å². The van der Waals surface area contributed by atoms with E-state index in [0.29, 0.717) is 0 Å². The number of hydrogen-bond acceptors (Lipinski definition) is 6. The second-order valence-electron chi connectivity index (χ2n) is 10.3. The van der Waals surface area contributed by atoms with Gasteiger partial charge in [0.25, 0.3) is 0 Å². The fraction of sp³-hybridized carbons (Fsp3) is 0.333. The highest BCUT2D eigenvalue weighted by Gasteiger charge is 2.09. The first-order valence-corrected chi connectivity index (χ1v) is 14.2. The maximum atomic E-state index is 5.49. The van der Waals surface area contributed by atoms with Crippen LogP contribution in [-0.4, -0.2) is 42.7 Å². The van der Waals surface area contributed by atoms with Crippen LogP contribution in [0.25, 0.3) is 0 Å². The van der Waals surface area contributed by atoms with E-state index in [1.165, 1.54) is 33.4 Å². The summed E-state index contributed by atoms with van der Waals surface area (Å²) in [6, 6.07) is 25.2. The summed E-state index contributed by atoms with van der Waals surface area (Å²) in [6.07, 6.45) is 5.40. The number of benzene rings is 4. The van der Waals surface area contributed by atoms with Crippen molar-refractivity contribution in [3.05, 3.63) is 106 Å². The fourth-order valence-electron chi connectivity index (χ4n) is 5.17. The van der Waals surface area contributed by atoms with E-state index < -0.39 is 0 Å². The Hall–Kier alpha value is -4.32. The number of hydrogen-bond donors (Lipinski definition) is 0. The third kappa shape index (κ3) is 8.59. The van der Waals surface area contributed by atoms with Crippen LogP contribution in [0.5, 0.6) is 34.5 Å². The number of ether oxygens (including phenoxy) is 6. The van der Waals surface area contributed by atoms with Crippen LogP contribution in [0.4, 0.5) is 0 Å². The highest BCUT2D eigenvalue weighted by molar-refractivity contribution is 5.42. The lowest BCUT2D eigenvalue weighted by atomic mass is 9.94. The molecule has 0 radical (unpaired) electrons. The molecule has 0 aromatic heterocycles. The zero-order valence-electron chi connectivity index (χ0n) is 25.6.